The first-order chi connectivity index (χ1) is 13.8. The Morgan fingerprint density at radius 1 is 0.393 bits per heavy atom. The summed E-state index contributed by atoms with van der Waals surface area (Å²) in [5, 5.41) is 0. The van der Waals surface area contributed by atoms with Gasteiger partial charge in [0.05, 0.1) is 0 Å². The van der Waals surface area contributed by atoms with E-state index in [-0.39, 0.29) is 0 Å². The normalized spacial score (nSPS) is 37.1. The number of unbranched alkanes of at least 4 members (excludes halogenated alkanes) is 1. The molecule has 0 bridgehead atoms. The minimum atomic E-state index is 1.08. The maximum absolute atomic E-state index is 2.37. The number of hydrogen-bond acceptors (Lipinski definition) is 0. The van der Waals surface area contributed by atoms with Gasteiger partial charge in [-0.2, -0.15) is 0 Å². The van der Waals surface area contributed by atoms with Crippen molar-refractivity contribution in [1.82, 2.24) is 0 Å². The summed E-state index contributed by atoms with van der Waals surface area (Å²) in [4.78, 5) is 0. The zero-order chi connectivity index (χ0) is 19.6. The molecule has 3 rings (SSSR count). The summed E-state index contributed by atoms with van der Waals surface area (Å²) in [6.07, 6.45) is 30.7. The van der Waals surface area contributed by atoms with Gasteiger partial charge in [-0.05, 0) is 61.2 Å². The molecule has 0 aromatic heterocycles. The van der Waals surface area contributed by atoms with Crippen molar-refractivity contribution in [3.05, 3.63) is 0 Å². The Morgan fingerprint density at radius 2 is 0.679 bits per heavy atom. The van der Waals surface area contributed by atoms with Crippen molar-refractivity contribution in [3.63, 3.8) is 0 Å². The molecular weight excluding hydrogens is 336 g/mol. The molecule has 0 unspecified atom stereocenters. The van der Waals surface area contributed by atoms with E-state index in [1.54, 1.807) is 89.9 Å². The molecule has 3 fully saturated rings. The molecule has 0 aliphatic heterocycles. The maximum Gasteiger partial charge on any atom is -0.0386 e. The van der Waals surface area contributed by atoms with E-state index in [0.717, 1.165) is 35.5 Å². The van der Waals surface area contributed by atoms with Crippen molar-refractivity contribution < 1.29 is 0 Å². The summed E-state index contributed by atoms with van der Waals surface area (Å²) in [6.45, 7) is 4.73. The van der Waals surface area contributed by atoms with E-state index in [9.17, 15) is 0 Å². The highest BCUT2D eigenvalue weighted by atomic mass is 14.4. The Kier molecular flexibility index (Phi) is 10.2. The molecule has 0 N–H and O–H groups in total. The molecule has 164 valence electrons. The second-order valence-electron chi connectivity index (χ2n) is 11.3. The van der Waals surface area contributed by atoms with Crippen molar-refractivity contribution in [2.75, 3.05) is 0 Å². The zero-order valence-electron chi connectivity index (χ0n) is 19.6. The van der Waals surface area contributed by atoms with Crippen LogP contribution in [-0.2, 0) is 0 Å². The van der Waals surface area contributed by atoms with E-state index < -0.39 is 0 Å². The molecule has 0 amide bonds. The molecule has 0 heteroatoms. The van der Waals surface area contributed by atoms with E-state index >= 15 is 0 Å². The smallest absolute Gasteiger partial charge is 0.0386 e. The van der Waals surface area contributed by atoms with Gasteiger partial charge in [0.2, 0.25) is 0 Å². The van der Waals surface area contributed by atoms with Crippen LogP contribution < -0.4 is 0 Å². The van der Waals surface area contributed by atoms with Crippen molar-refractivity contribution in [1.29, 1.82) is 0 Å². The van der Waals surface area contributed by atoms with Gasteiger partial charge < -0.3 is 0 Å². The van der Waals surface area contributed by atoms with Crippen LogP contribution in [-0.4, -0.2) is 0 Å². The lowest BCUT2D eigenvalue weighted by Gasteiger charge is -2.38. The molecule has 0 nitrogen and oxygen atoms in total. The first-order valence-corrected chi connectivity index (χ1v) is 13.8. The highest BCUT2D eigenvalue weighted by Crippen LogP contribution is 2.43. The minimum absolute atomic E-state index is 1.08. The molecular formula is C28H52. The zero-order valence-corrected chi connectivity index (χ0v) is 19.6. The largest absolute Gasteiger partial charge is 0.0654 e. The van der Waals surface area contributed by atoms with Crippen LogP contribution in [0.5, 0.6) is 0 Å². The predicted molar refractivity (Wildman–Crippen MR) is 125 cm³/mol. The monoisotopic (exact) mass is 388 g/mol. The molecule has 0 spiro atoms. The van der Waals surface area contributed by atoms with Gasteiger partial charge in [0.1, 0.15) is 0 Å². The van der Waals surface area contributed by atoms with Crippen molar-refractivity contribution >= 4 is 0 Å². The second kappa shape index (κ2) is 12.6. The lowest BCUT2D eigenvalue weighted by molar-refractivity contribution is 0.140. The highest BCUT2D eigenvalue weighted by molar-refractivity contribution is 4.82. The Labute approximate surface area is 178 Å². The molecule has 3 saturated carbocycles. The van der Waals surface area contributed by atoms with E-state index in [4.69, 9.17) is 0 Å². The van der Waals surface area contributed by atoms with E-state index in [1.165, 1.54) is 38.5 Å². The summed E-state index contributed by atoms with van der Waals surface area (Å²) in [7, 11) is 0. The Morgan fingerprint density at radius 3 is 1.00 bits per heavy atom. The average Bonchev–Trinajstić information content (AvgIpc) is 2.74. The van der Waals surface area contributed by atoms with Crippen LogP contribution in [0.4, 0.5) is 0 Å². The molecule has 3 aliphatic rings. The lowest BCUT2D eigenvalue weighted by atomic mass is 9.68. The fraction of sp³-hybridized carbons (Fsp3) is 1.00. The Bertz CT molecular complexity index is 375. The first-order valence-electron chi connectivity index (χ1n) is 13.8. The topological polar surface area (TPSA) is 0 Å². The van der Waals surface area contributed by atoms with Crippen LogP contribution in [0.2, 0.25) is 0 Å². The quantitative estimate of drug-likeness (QED) is 0.327. The summed E-state index contributed by atoms with van der Waals surface area (Å²) in [5.41, 5.74) is 0. The third-order valence-electron chi connectivity index (χ3n) is 9.28. The molecule has 0 heterocycles. The summed E-state index contributed by atoms with van der Waals surface area (Å²) >= 11 is 0. The third-order valence-corrected chi connectivity index (χ3v) is 9.28. The van der Waals surface area contributed by atoms with Crippen LogP contribution in [0.1, 0.15) is 142 Å². The van der Waals surface area contributed by atoms with E-state index in [1.807, 2.05) is 0 Å². The van der Waals surface area contributed by atoms with Gasteiger partial charge in [0, 0.05) is 0 Å². The maximum atomic E-state index is 2.37. The second-order valence-corrected chi connectivity index (χ2v) is 11.3. The minimum Gasteiger partial charge on any atom is -0.0654 e. The first kappa shape index (κ1) is 22.7. The van der Waals surface area contributed by atoms with Gasteiger partial charge in [-0.15, -0.1) is 0 Å². The van der Waals surface area contributed by atoms with Gasteiger partial charge in [0.25, 0.3) is 0 Å². The molecule has 3 aliphatic carbocycles. The van der Waals surface area contributed by atoms with Gasteiger partial charge in [-0.25, -0.2) is 0 Å². The average molecular weight is 389 g/mol. The molecule has 0 saturated heterocycles. The third kappa shape index (κ3) is 7.36. The van der Waals surface area contributed by atoms with Crippen LogP contribution in [0.15, 0.2) is 0 Å². The van der Waals surface area contributed by atoms with Crippen molar-refractivity contribution in [2.24, 2.45) is 35.5 Å². The molecule has 0 aromatic carbocycles. The molecule has 0 aromatic rings. The number of rotatable bonds is 10. The van der Waals surface area contributed by atoms with Crippen LogP contribution in [0, 0.1) is 35.5 Å². The van der Waals surface area contributed by atoms with Gasteiger partial charge in [0.15, 0.2) is 0 Å². The lowest BCUT2D eigenvalue weighted by Crippen LogP contribution is -2.25. The molecule has 0 atom stereocenters. The molecule has 0 radical (unpaired) electrons. The van der Waals surface area contributed by atoms with Crippen LogP contribution in [0.25, 0.3) is 0 Å². The van der Waals surface area contributed by atoms with E-state index in [2.05, 4.69) is 13.8 Å². The van der Waals surface area contributed by atoms with Gasteiger partial charge >= 0.3 is 0 Å². The van der Waals surface area contributed by atoms with E-state index in [0.29, 0.717) is 0 Å². The number of hydrogen-bond donors (Lipinski definition) is 0. The van der Waals surface area contributed by atoms with Crippen molar-refractivity contribution in [2.45, 2.75) is 142 Å². The summed E-state index contributed by atoms with van der Waals surface area (Å²) < 4.78 is 0. The SMILES string of the molecule is CCCC1CCC(CCCCC2CCC(C3CCC(CCC)CC3)CC2)CC1. The fourth-order valence-corrected chi connectivity index (χ4v) is 7.39. The van der Waals surface area contributed by atoms with Crippen LogP contribution >= 0.6 is 0 Å². The summed E-state index contributed by atoms with van der Waals surface area (Å²) in [5.74, 6) is 6.56. The van der Waals surface area contributed by atoms with Crippen molar-refractivity contribution in [3.8, 4) is 0 Å². The van der Waals surface area contributed by atoms with Gasteiger partial charge in [-0.1, -0.05) is 117 Å². The highest BCUT2D eigenvalue weighted by Gasteiger charge is 2.30. The van der Waals surface area contributed by atoms with Crippen LogP contribution in [0.3, 0.4) is 0 Å². The van der Waals surface area contributed by atoms with Gasteiger partial charge in [-0.3, -0.25) is 0 Å². The Hall–Kier alpha value is 0. The molecule has 28 heavy (non-hydrogen) atoms. The summed E-state index contributed by atoms with van der Waals surface area (Å²) in [6, 6.07) is 0. The fourth-order valence-electron chi connectivity index (χ4n) is 7.39. The Balaban J connectivity index is 1.21. The standard InChI is InChI=1S/C28H52/c1-3-7-23-11-13-25(14-12-23)9-5-6-10-26-17-21-28(22-18-26)27-19-15-24(8-4-2)16-20-27/h23-28H,3-22H2,1-2H3. The predicted octanol–water partition coefficient (Wildman–Crippen LogP) is 9.57.